The number of nitrogens with one attached hydrogen (secondary N) is 1. The summed E-state index contributed by atoms with van der Waals surface area (Å²) in [4.78, 5) is 13.0. The van der Waals surface area contributed by atoms with Gasteiger partial charge in [0, 0.05) is 5.56 Å². The van der Waals surface area contributed by atoms with E-state index in [1.807, 2.05) is 43.5 Å². The highest BCUT2D eigenvalue weighted by Gasteiger charge is 2.13. The van der Waals surface area contributed by atoms with E-state index in [1.54, 1.807) is 6.07 Å². The first-order valence-corrected chi connectivity index (χ1v) is 7.27. The van der Waals surface area contributed by atoms with Crippen molar-refractivity contribution < 1.29 is 9.21 Å². The molecule has 0 spiro atoms. The minimum Gasteiger partial charge on any atom is -0.402 e. The topological polar surface area (TPSA) is 68.0 Å². The van der Waals surface area contributed by atoms with Gasteiger partial charge in [0.25, 0.3) is 11.8 Å². The molecule has 0 atom stereocenters. The summed E-state index contributed by atoms with van der Waals surface area (Å²) in [6, 6.07) is 9.40. The maximum absolute atomic E-state index is 12.1. The van der Waals surface area contributed by atoms with Crippen molar-refractivity contribution in [1.29, 1.82) is 0 Å². The van der Waals surface area contributed by atoms with Crippen molar-refractivity contribution in [3.8, 4) is 10.8 Å². The van der Waals surface area contributed by atoms with Crippen LogP contribution in [0, 0.1) is 13.8 Å². The van der Waals surface area contributed by atoms with Gasteiger partial charge >= 0.3 is 6.01 Å². The Morgan fingerprint density at radius 2 is 2.05 bits per heavy atom. The molecule has 5 nitrogen and oxygen atoms in total. The number of hydrogen-bond donors (Lipinski definition) is 1. The Kier molecular flexibility index (Phi) is 3.53. The third kappa shape index (κ3) is 2.85. The summed E-state index contributed by atoms with van der Waals surface area (Å²) in [6.07, 6.45) is 0. The summed E-state index contributed by atoms with van der Waals surface area (Å²) < 4.78 is 5.43. The summed E-state index contributed by atoms with van der Waals surface area (Å²) in [6.45, 7) is 3.97. The van der Waals surface area contributed by atoms with Gasteiger partial charge in [-0.3, -0.25) is 10.1 Å². The largest absolute Gasteiger partial charge is 0.402 e. The van der Waals surface area contributed by atoms with Crippen LogP contribution < -0.4 is 5.32 Å². The quantitative estimate of drug-likeness (QED) is 0.801. The summed E-state index contributed by atoms with van der Waals surface area (Å²) >= 11 is 1.50. The molecule has 3 aromatic rings. The average molecular weight is 299 g/mol. The highest BCUT2D eigenvalue weighted by molar-refractivity contribution is 7.13. The van der Waals surface area contributed by atoms with Gasteiger partial charge in [-0.25, -0.2) is 0 Å². The number of aryl methyl sites for hydroxylation is 2. The Bertz CT molecular complexity index is 778. The van der Waals surface area contributed by atoms with E-state index in [9.17, 15) is 4.79 Å². The summed E-state index contributed by atoms with van der Waals surface area (Å²) in [7, 11) is 0. The number of thiophene rings is 1. The van der Waals surface area contributed by atoms with E-state index in [1.165, 1.54) is 11.3 Å². The monoisotopic (exact) mass is 299 g/mol. The highest BCUT2D eigenvalue weighted by atomic mass is 32.1. The van der Waals surface area contributed by atoms with Crippen LogP contribution in [0.5, 0.6) is 0 Å². The zero-order chi connectivity index (χ0) is 14.8. The van der Waals surface area contributed by atoms with Crippen LogP contribution in [-0.4, -0.2) is 16.1 Å². The average Bonchev–Trinajstić information content (AvgIpc) is 3.12. The number of anilines is 1. The fraction of sp³-hybridized carbons (Fsp3) is 0.133. The predicted molar refractivity (Wildman–Crippen MR) is 81.5 cm³/mol. The lowest BCUT2D eigenvalue weighted by Crippen LogP contribution is -2.12. The number of carbonyl (C=O) groups excluding carboxylic acids is 1. The Hall–Kier alpha value is -2.47. The molecule has 3 rings (SSSR count). The van der Waals surface area contributed by atoms with Crippen LogP contribution in [0.25, 0.3) is 10.8 Å². The molecule has 0 aliphatic rings. The molecule has 6 heteroatoms. The molecule has 21 heavy (non-hydrogen) atoms. The van der Waals surface area contributed by atoms with Gasteiger partial charge in [-0.1, -0.05) is 17.2 Å². The van der Waals surface area contributed by atoms with Gasteiger partial charge in [0.1, 0.15) is 0 Å². The van der Waals surface area contributed by atoms with E-state index in [0.29, 0.717) is 11.5 Å². The Morgan fingerprint density at radius 3 is 2.76 bits per heavy atom. The molecule has 2 aromatic heterocycles. The lowest BCUT2D eigenvalue weighted by Gasteiger charge is -2.04. The van der Waals surface area contributed by atoms with Gasteiger partial charge < -0.3 is 4.42 Å². The second-order valence-corrected chi connectivity index (χ2v) is 5.59. The number of hydrogen-bond acceptors (Lipinski definition) is 5. The zero-order valence-electron chi connectivity index (χ0n) is 11.6. The minimum atomic E-state index is -0.264. The predicted octanol–water partition coefficient (Wildman–Crippen LogP) is 3.67. The van der Waals surface area contributed by atoms with Gasteiger partial charge in [-0.05, 0) is 48.6 Å². The van der Waals surface area contributed by atoms with E-state index >= 15 is 0 Å². The molecule has 0 aliphatic carbocycles. The molecule has 1 amide bonds. The third-order valence-corrected chi connectivity index (χ3v) is 4.00. The fourth-order valence-electron chi connectivity index (χ4n) is 1.83. The van der Waals surface area contributed by atoms with Crippen molar-refractivity contribution in [1.82, 2.24) is 10.2 Å². The number of nitrogens with zero attached hydrogens (tertiary/aromatic N) is 2. The van der Waals surface area contributed by atoms with Crippen LogP contribution >= 0.6 is 11.3 Å². The Balaban J connectivity index is 1.77. The molecule has 0 fully saturated rings. The third-order valence-electron chi connectivity index (χ3n) is 3.15. The van der Waals surface area contributed by atoms with E-state index < -0.39 is 0 Å². The second-order valence-electron chi connectivity index (χ2n) is 4.64. The Morgan fingerprint density at radius 1 is 1.19 bits per heavy atom. The van der Waals surface area contributed by atoms with Crippen LogP contribution in [0.4, 0.5) is 6.01 Å². The lowest BCUT2D eigenvalue weighted by atomic mass is 10.1. The van der Waals surface area contributed by atoms with Gasteiger partial charge in [-0.15, -0.1) is 16.4 Å². The van der Waals surface area contributed by atoms with E-state index in [2.05, 4.69) is 15.5 Å². The smallest absolute Gasteiger partial charge is 0.322 e. The van der Waals surface area contributed by atoms with Crippen LogP contribution in [0.1, 0.15) is 21.5 Å². The summed E-state index contributed by atoms with van der Waals surface area (Å²) in [5.74, 6) is 0.139. The molecular formula is C15H13N3O2S. The second kappa shape index (κ2) is 5.49. The maximum atomic E-state index is 12.1. The number of aromatic nitrogens is 2. The van der Waals surface area contributed by atoms with Crippen LogP contribution in [0.3, 0.4) is 0 Å². The van der Waals surface area contributed by atoms with Crippen LogP contribution in [-0.2, 0) is 0 Å². The van der Waals surface area contributed by atoms with Crippen molar-refractivity contribution in [2.24, 2.45) is 0 Å². The van der Waals surface area contributed by atoms with Crippen molar-refractivity contribution in [3.63, 3.8) is 0 Å². The number of rotatable bonds is 3. The molecule has 0 saturated carbocycles. The molecule has 2 heterocycles. The van der Waals surface area contributed by atoms with Crippen molar-refractivity contribution in [2.75, 3.05) is 5.32 Å². The molecule has 1 aromatic carbocycles. The first kappa shape index (κ1) is 13.5. The van der Waals surface area contributed by atoms with Crippen LogP contribution in [0.2, 0.25) is 0 Å². The minimum absolute atomic E-state index is 0.0987. The van der Waals surface area contributed by atoms with Gasteiger partial charge in [0.15, 0.2) is 0 Å². The molecule has 106 valence electrons. The number of amides is 1. The SMILES string of the molecule is Cc1ccc(C(=O)Nc2nnc(-c3cccs3)o2)cc1C. The normalized spacial score (nSPS) is 10.6. The fourth-order valence-corrected chi connectivity index (χ4v) is 2.47. The molecule has 0 bridgehead atoms. The van der Waals surface area contributed by atoms with Crippen LogP contribution in [0.15, 0.2) is 40.1 Å². The van der Waals surface area contributed by atoms with Gasteiger partial charge in [0.05, 0.1) is 4.88 Å². The van der Waals surface area contributed by atoms with E-state index in [0.717, 1.165) is 16.0 Å². The zero-order valence-corrected chi connectivity index (χ0v) is 12.4. The van der Waals surface area contributed by atoms with E-state index in [-0.39, 0.29) is 11.9 Å². The lowest BCUT2D eigenvalue weighted by molar-refractivity contribution is 0.102. The highest BCUT2D eigenvalue weighted by Crippen LogP contribution is 2.24. The van der Waals surface area contributed by atoms with Gasteiger partial charge in [-0.2, -0.15) is 0 Å². The standard InChI is InChI=1S/C15H13N3O2S/c1-9-5-6-11(8-10(9)2)13(19)16-15-18-17-14(20-15)12-4-3-7-21-12/h3-8H,1-2H3,(H,16,18,19). The first-order chi connectivity index (χ1) is 10.1. The molecular weight excluding hydrogens is 286 g/mol. The van der Waals surface area contributed by atoms with Crippen molar-refractivity contribution >= 4 is 23.3 Å². The molecule has 0 saturated heterocycles. The van der Waals surface area contributed by atoms with Crippen molar-refractivity contribution in [2.45, 2.75) is 13.8 Å². The Labute approximate surface area is 125 Å². The number of benzene rings is 1. The molecule has 0 aliphatic heterocycles. The maximum Gasteiger partial charge on any atom is 0.322 e. The van der Waals surface area contributed by atoms with E-state index in [4.69, 9.17) is 4.42 Å². The molecule has 1 N–H and O–H groups in total. The first-order valence-electron chi connectivity index (χ1n) is 6.39. The molecule has 0 radical (unpaired) electrons. The number of carbonyl (C=O) groups is 1. The van der Waals surface area contributed by atoms with Crippen molar-refractivity contribution in [3.05, 3.63) is 52.4 Å². The summed E-state index contributed by atoms with van der Waals surface area (Å²) in [5, 5.41) is 12.3. The molecule has 0 unspecified atom stereocenters. The summed E-state index contributed by atoms with van der Waals surface area (Å²) in [5.41, 5.74) is 2.77. The van der Waals surface area contributed by atoms with Gasteiger partial charge in [0.2, 0.25) is 0 Å².